The average Bonchev–Trinajstić information content (AvgIpc) is 2.38. The van der Waals surface area contributed by atoms with Gasteiger partial charge in [0.15, 0.2) is 5.82 Å². The summed E-state index contributed by atoms with van der Waals surface area (Å²) in [5.41, 5.74) is 1.74. The van der Waals surface area contributed by atoms with Crippen LogP contribution < -0.4 is 4.74 Å². The molecule has 0 saturated heterocycles. The number of methoxy groups -OCH3 is 1. The van der Waals surface area contributed by atoms with Crippen molar-refractivity contribution in [1.29, 1.82) is 0 Å². The molecule has 2 rings (SSSR count). The summed E-state index contributed by atoms with van der Waals surface area (Å²) in [7, 11) is 1.58. The van der Waals surface area contributed by atoms with Crippen LogP contribution in [-0.4, -0.2) is 22.1 Å². The Bertz CT molecular complexity index is 540. The Morgan fingerprint density at radius 1 is 1.22 bits per heavy atom. The molecule has 0 aliphatic heterocycles. The highest BCUT2D eigenvalue weighted by Crippen LogP contribution is 2.22. The number of hydrogen-bond acceptors (Lipinski definition) is 4. The van der Waals surface area contributed by atoms with Crippen LogP contribution in [0.25, 0.3) is 11.4 Å². The van der Waals surface area contributed by atoms with E-state index in [1.165, 1.54) is 0 Å². The molecule has 0 saturated carbocycles. The third-order valence-corrected chi connectivity index (χ3v) is 2.70. The quantitative estimate of drug-likeness (QED) is 0.797. The number of rotatable bonds is 3. The highest BCUT2D eigenvalue weighted by molar-refractivity contribution is 6.29. The fourth-order valence-corrected chi connectivity index (χ4v) is 1.69. The second kappa shape index (κ2) is 5.31. The molecule has 2 aromatic heterocycles. The summed E-state index contributed by atoms with van der Waals surface area (Å²) in [5, 5.41) is 0.444. The first-order chi connectivity index (χ1) is 8.60. The van der Waals surface area contributed by atoms with E-state index in [1.807, 2.05) is 6.07 Å². The topological polar surface area (TPSA) is 47.9 Å². The maximum Gasteiger partial charge on any atom is 0.212 e. The van der Waals surface area contributed by atoms with E-state index in [0.717, 1.165) is 11.3 Å². The maximum atomic E-state index is 6.01. The van der Waals surface area contributed by atoms with E-state index < -0.39 is 0 Å². The minimum absolute atomic E-state index is 0.301. The SMILES string of the molecule is COc1ccc(-c2nc(Cl)cc(C(C)C)n2)cn1. The van der Waals surface area contributed by atoms with Crippen molar-refractivity contribution in [3.05, 3.63) is 35.2 Å². The van der Waals surface area contributed by atoms with E-state index in [-0.39, 0.29) is 0 Å². The Labute approximate surface area is 111 Å². The maximum absolute atomic E-state index is 6.01. The number of ether oxygens (including phenoxy) is 1. The van der Waals surface area contributed by atoms with E-state index in [4.69, 9.17) is 16.3 Å². The van der Waals surface area contributed by atoms with Gasteiger partial charge in [-0.3, -0.25) is 0 Å². The smallest absolute Gasteiger partial charge is 0.212 e. The summed E-state index contributed by atoms with van der Waals surface area (Å²) >= 11 is 6.01. The Hall–Kier alpha value is -1.68. The molecule has 0 aliphatic rings. The van der Waals surface area contributed by atoms with Crippen molar-refractivity contribution in [2.45, 2.75) is 19.8 Å². The lowest BCUT2D eigenvalue weighted by atomic mass is 10.1. The molecule has 0 aliphatic carbocycles. The standard InChI is InChI=1S/C13H14ClN3O/c1-8(2)10-6-11(14)17-13(16-10)9-4-5-12(18-3)15-7-9/h4-8H,1-3H3. The van der Waals surface area contributed by atoms with Crippen molar-refractivity contribution in [2.24, 2.45) is 0 Å². The molecule has 18 heavy (non-hydrogen) atoms. The first-order valence-electron chi connectivity index (χ1n) is 5.65. The van der Waals surface area contributed by atoms with Gasteiger partial charge in [-0.15, -0.1) is 0 Å². The second-order valence-corrected chi connectivity index (χ2v) is 4.57. The molecule has 0 fully saturated rings. The summed E-state index contributed by atoms with van der Waals surface area (Å²) < 4.78 is 5.01. The summed E-state index contributed by atoms with van der Waals surface area (Å²) in [6, 6.07) is 5.42. The molecule has 94 valence electrons. The third-order valence-electron chi connectivity index (χ3n) is 2.51. The van der Waals surface area contributed by atoms with Gasteiger partial charge in [0.2, 0.25) is 5.88 Å². The molecule has 0 unspecified atom stereocenters. The minimum Gasteiger partial charge on any atom is -0.481 e. The lowest BCUT2D eigenvalue weighted by Crippen LogP contribution is -1.98. The lowest BCUT2D eigenvalue weighted by molar-refractivity contribution is 0.398. The Morgan fingerprint density at radius 3 is 2.56 bits per heavy atom. The molecule has 2 aromatic rings. The predicted octanol–water partition coefficient (Wildman–Crippen LogP) is 3.32. The van der Waals surface area contributed by atoms with Crippen LogP contribution in [0.1, 0.15) is 25.5 Å². The molecule has 5 heteroatoms. The van der Waals surface area contributed by atoms with E-state index in [0.29, 0.717) is 22.8 Å². The molecule has 0 spiro atoms. The van der Waals surface area contributed by atoms with Gasteiger partial charge in [0.1, 0.15) is 5.15 Å². The Morgan fingerprint density at radius 2 is 2.00 bits per heavy atom. The molecule has 2 heterocycles. The monoisotopic (exact) mass is 263 g/mol. The number of pyridine rings is 1. The van der Waals surface area contributed by atoms with Crippen LogP contribution >= 0.6 is 11.6 Å². The second-order valence-electron chi connectivity index (χ2n) is 4.18. The zero-order valence-corrected chi connectivity index (χ0v) is 11.3. The van der Waals surface area contributed by atoms with Gasteiger partial charge in [-0.2, -0.15) is 0 Å². The van der Waals surface area contributed by atoms with Crippen LogP contribution in [0.3, 0.4) is 0 Å². The van der Waals surface area contributed by atoms with Crippen molar-refractivity contribution in [3.8, 4) is 17.3 Å². The van der Waals surface area contributed by atoms with Gasteiger partial charge in [0.25, 0.3) is 0 Å². The molecule has 0 bridgehead atoms. The number of halogens is 1. The van der Waals surface area contributed by atoms with Gasteiger partial charge in [-0.25, -0.2) is 15.0 Å². The molecule has 0 amide bonds. The van der Waals surface area contributed by atoms with Crippen LogP contribution in [0.2, 0.25) is 5.15 Å². The fourth-order valence-electron chi connectivity index (χ4n) is 1.49. The molecular formula is C13H14ClN3O. The zero-order valence-electron chi connectivity index (χ0n) is 10.5. The largest absolute Gasteiger partial charge is 0.481 e. The van der Waals surface area contributed by atoms with Gasteiger partial charge in [-0.1, -0.05) is 25.4 Å². The van der Waals surface area contributed by atoms with Gasteiger partial charge < -0.3 is 4.74 Å². The first-order valence-corrected chi connectivity index (χ1v) is 6.03. The molecule has 0 N–H and O–H groups in total. The van der Waals surface area contributed by atoms with Crippen molar-refractivity contribution in [1.82, 2.24) is 15.0 Å². The first kappa shape index (κ1) is 12.8. The average molecular weight is 264 g/mol. The van der Waals surface area contributed by atoms with Crippen LogP contribution in [0, 0.1) is 0 Å². The summed E-state index contributed by atoms with van der Waals surface area (Å²) in [6.45, 7) is 4.13. The highest BCUT2D eigenvalue weighted by atomic mass is 35.5. The van der Waals surface area contributed by atoms with Crippen LogP contribution in [0.15, 0.2) is 24.4 Å². The summed E-state index contributed by atoms with van der Waals surface area (Å²) in [6.07, 6.45) is 1.68. The normalized spacial score (nSPS) is 10.7. The van der Waals surface area contributed by atoms with Crippen LogP contribution in [0.5, 0.6) is 5.88 Å². The van der Waals surface area contributed by atoms with E-state index in [1.54, 1.807) is 25.4 Å². The number of aromatic nitrogens is 3. The van der Waals surface area contributed by atoms with Gasteiger partial charge in [0.05, 0.1) is 7.11 Å². The van der Waals surface area contributed by atoms with Crippen molar-refractivity contribution < 1.29 is 4.74 Å². The van der Waals surface area contributed by atoms with Crippen LogP contribution in [-0.2, 0) is 0 Å². The predicted molar refractivity (Wildman–Crippen MR) is 70.9 cm³/mol. The Balaban J connectivity index is 2.42. The van der Waals surface area contributed by atoms with Crippen molar-refractivity contribution in [3.63, 3.8) is 0 Å². The molecular weight excluding hydrogens is 250 g/mol. The molecule has 4 nitrogen and oxygen atoms in total. The summed E-state index contributed by atoms with van der Waals surface area (Å²) in [5.74, 6) is 1.45. The molecule has 0 aromatic carbocycles. The number of hydrogen-bond donors (Lipinski definition) is 0. The molecule has 0 radical (unpaired) electrons. The van der Waals surface area contributed by atoms with Gasteiger partial charge in [0, 0.05) is 23.5 Å². The van der Waals surface area contributed by atoms with E-state index >= 15 is 0 Å². The fraction of sp³-hybridized carbons (Fsp3) is 0.308. The third kappa shape index (κ3) is 2.76. The van der Waals surface area contributed by atoms with E-state index in [9.17, 15) is 0 Å². The summed E-state index contributed by atoms with van der Waals surface area (Å²) in [4.78, 5) is 12.8. The highest BCUT2D eigenvalue weighted by Gasteiger charge is 2.09. The minimum atomic E-state index is 0.301. The molecule has 0 atom stereocenters. The number of nitrogens with zero attached hydrogens (tertiary/aromatic N) is 3. The lowest BCUT2D eigenvalue weighted by Gasteiger charge is -2.07. The van der Waals surface area contributed by atoms with Crippen molar-refractivity contribution in [2.75, 3.05) is 7.11 Å². The van der Waals surface area contributed by atoms with Crippen molar-refractivity contribution >= 4 is 11.6 Å². The Kier molecular flexibility index (Phi) is 3.77. The zero-order chi connectivity index (χ0) is 13.1. The van der Waals surface area contributed by atoms with Gasteiger partial charge in [-0.05, 0) is 18.1 Å². The van der Waals surface area contributed by atoms with E-state index in [2.05, 4.69) is 28.8 Å². The van der Waals surface area contributed by atoms with Gasteiger partial charge >= 0.3 is 0 Å². The van der Waals surface area contributed by atoms with Crippen LogP contribution in [0.4, 0.5) is 0 Å².